The van der Waals surface area contributed by atoms with Gasteiger partial charge in [-0.05, 0) is 39.5 Å². The molecule has 1 aromatic rings. The van der Waals surface area contributed by atoms with Crippen molar-refractivity contribution in [2.24, 2.45) is 11.8 Å². The number of hydrogen-bond acceptors (Lipinski definition) is 10. The van der Waals surface area contributed by atoms with Crippen molar-refractivity contribution < 1.29 is 37.3 Å². The predicted molar refractivity (Wildman–Crippen MR) is 130 cm³/mol. The minimum Gasteiger partial charge on any atom is -0.475 e. The Labute approximate surface area is 214 Å². The van der Waals surface area contributed by atoms with Gasteiger partial charge in [0, 0.05) is 31.7 Å². The first-order valence-corrected chi connectivity index (χ1v) is 12.5. The highest BCUT2D eigenvalue weighted by atomic mass is 19.4. The second-order valence-corrected chi connectivity index (χ2v) is 10.3. The Morgan fingerprint density at radius 3 is 2.35 bits per heavy atom. The summed E-state index contributed by atoms with van der Waals surface area (Å²) in [6, 6.07) is 0.504. The first-order chi connectivity index (χ1) is 17.4. The number of nitrogens with one attached hydrogen (secondary N) is 2. The van der Waals surface area contributed by atoms with Gasteiger partial charge in [-0.3, -0.25) is 0 Å². The van der Waals surface area contributed by atoms with Gasteiger partial charge in [0.05, 0.1) is 38.1 Å². The molecule has 0 radical (unpaired) electrons. The molecular formula is C23H37F3N6O5. The lowest BCUT2D eigenvalue weighted by Gasteiger charge is -2.39. The number of anilines is 3. The Kier molecular flexibility index (Phi) is 9.75. The van der Waals surface area contributed by atoms with Crippen molar-refractivity contribution in [3.05, 3.63) is 0 Å². The van der Waals surface area contributed by atoms with E-state index >= 15 is 0 Å². The maximum Gasteiger partial charge on any atom is 0.490 e. The van der Waals surface area contributed by atoms with Crippen LogP contribution in [0, 0.1) is 11.8 Å². The van der Waals surface area contributed by atoms with E-state index in [0.29, 0.717) is 55.5 Å². The smallest absolute Gasteiger partial charge is 0.475 e. The lowest BCUT2D eigenvalue weighted by atomic mass is 9.71. The monoisotopic (exact) mass is 534 g/mol. The Balaban J connectivity index is 0.000000479. The average Bonchev–Trinajstić information content (AvgIpc) is 3.20. The summed E-state index contributed by atoms with van der Waals surface area (Å²) in [5.74, 6) is 0.414. The summed E-state index contributed by atoms with van der Waals surface area (Å²) in [4.78, 5) is 25.2. The molecule has 37 heavy (non-hydrogen) atoms. The van der Waals surface area contributed by atoms with Crippen LogP contribution in [0.25, 0.3) is 0 Å². The van der Waals surface area contributed by atoms with Crippen LogP contribution in [0.4, 0.5) is 31.0 Å². The molecule has 3 aliphatic rings. The van der Waals surface area contributed by atoms with Crippen molar-refractivity contribution in [2.75, 3.05) is 61.7 Å². The molecule has 3 N–H and O–H groups in total. The number of carboxylic acid groups (broad SMARTS) is 1. The van der Waals surface area contributed by atoms with Gasteiger partial charge in [-0.2, -0.15) is 28.1 Å². The highest BCUT2D eigenvalue weighted by Crippen LogP contribution is 2.41. The number of aromatic nitrogens is 3. The van der Waals surface area contributed by atoms with Crippen LogP contribution in [-0.2, 0) is 19.0 Å². The summed E-state index contributed by atoms with van der Waals surface area (Å²) in [7, 11) is 0. The van der Waals surface area contributed by atoms with Gasteiger partial charge >= 0.3 is 12.1 Å². The van der Waals surface area contributed by atoms with E-state index in [-0.39, 0.29) is 11.6 Å². The number of carboxylic acids is 1. The minimum absolute atomic E-state index is 0.133. The summed E-state index contributed by atoms with van der Waals surface area (Å²) in [6.07, 6.45) is -3.05. The fourth-order valence-corrected chi connectivity index (χ4v) is 4.13. The van der Waals surface area contributed by atoms with Gasteiger partial charge in [-0.25, -0.2) is 4.79 Å². The number of fused-ring (bicyclic) bond motifs is 1. The number of aliphatic carboxylic acids is 1. The van der Waals surface area contributed by atoms with Gasteiger partial charge in [0.15, 0.2) is 0 Å². The standard InChI is InChI=1S/C21H36N6O3.C2HF3O2/c1-5-15(12-30-21(2,3)4)22-18-24-19(23-17-10-14-11-29-13-16(14)17)26-20(25-18)27-6-8-28-9-7-27;3-2(4,5)1(6)7/h14-17H,5-13H2,1-4H3,(H2,22,23,24,25,26);(H,6,7)/t14-,15+,16+,17-;/m1./s1. The highest BCUT2D eigenvalue weighted by molar-refractivity contribution is 5.73. The Morgan fingerprint density at radius 1 is 1.14 bits per heavy atom. The molecule has 2 saturated heterocycles. The van der Waals surface area contributed by atoms with Gasteiger partial charge in [-0.15, -0.1) is 0 Å². The molecule has 1 saturated carbocycles. The molecule has 1 aliphatic carbocycles. The molecule has 4 atom stereocenters. The van der Waals surface area contributed by atoms with Crippen molar-refractivity contribution in [3.63, 3.8) is 0 Å². The van der Waals surface area contributed by atoms with Gasteiger partial charge in [-0.1, -0.05) is 6.92 Å². The first-order valence-electron chi connectivity index (χ1n) is 12.5. The second-order valence-electron chi connectivity index (χ2n) is 10.3. The van der Waals surface area contributed by atoms with Crippen LogP contribution in [0.1, 0.15) is 40.5 Å². The van der Waals surface area contributed by atoms with Crippen molar-refractivity contribution in [2.45, 2.75) is 64.4 Å². The van der Waals surface area contributed by atoms with E-state index in [2.05, 4.69) is 43.2 Å². The molecule has 0 spiro atoms. The molecule has 0 bridgehead atoms. The number of ether oxygens (including phenoxy) is 3. The largest absolute Gasteiger partial charge is 0.490 e. The summed E-state index contributed by atoms with van der Waals surface area (Å²) in [6.45, 7) is 13.6. The van der Waals surface area contributed by atoms with E-state index < -0.39 is 12.1 Å². The van der Waals surface area contributed by atoms with Crippen molar-refractivity contribution >= 4 is 23.8 Å². The van der Waals surface area contributed by atoms with Crippen LogP contribution in [0.15, 0.2) is 0 Å². The molecule has 14 heteroatoms. The zero-order valence-electron chi connectivity index (χ0n) is 21.7. The number of carbonyl (C=O) groups is 1. The molecule has 0 amide bonds. The maximum absolute atomic E-state index is 10.6. The van der Waals surface area contributed by atoms with Crippen molar-refractivity contribution in [1.82, 2.24) is 15.0 Å². The SMILES string of the molecule is CC[C@@H](COC(C)(C)C)Nc1nc(N[C@@H]2C[C@@H]3COC[C@@H]32)nc(N2CCOCC2)n1.O=C(O)C(F)(F)F. The van der Waals surface area contributed by atoms with E-state index in [1.54, 1.807) is 0 Å². The fourth-order valence-electron chi connectivity index (χ4n) is 4.13. The predicted octanol–water partition coefficient (Wildman–Crippen LogP) is 2.79. The third-order valence-electron chi connectivity index (χ3n) is 6.34. The lowest BCUT2D eigenvalue weighted by Crippen LogP contribution is -2.46. The first kappa shape index (κ1) is 29.1. The van der Waals surface area contributed by atoms with Crippen LogP contribution < -0.4 is 15.5 Å². The van der Waals surface area contributed by atoms with Crippen LogP contribution >= 0.6 is 0 Å². The van der Waals surface area contributed by atoms with Gasteiger partial charge in [0.25, 0.3) is 0 Å². The van der Waals surface area contributed by atoms with Gasteiger partial charge in [0.1, 0.15) is 0 Å². The Morgan fingerprint density at radius 2 is 1.78 bits per heavy atom. The molecule has 3 heterocycles. The number of halogens is 3. The summed E-state index contributed by atoms with van der Waals surface area (Å²) < 4.78 is 48.8. The molecular weight excluding hydrogens is 497 g/mol. The molecule has 3 fully saturated rings. The van der Waals surface area contributed by atoms with Crippen molar-refractivity contribution in [1.29, 1.82) is 0 Å². The summed E-state index contributed by atoms with van der Waals surface area (Å²) in [5.41, 5.74) is -0.177. The van der Waals surface area contributed by atoms with Crippen LogP contribution in [0.5, 0.6) is 0 Å². The zero-order chi connectivity index (χ0) is 27.2. The van der Waals surface area contributed by atoms with E-state index in [0.717, 1.165) is 39.1 Å². The number of rotatable bonds is 8. The Bertz CT molecular complexity index is 895. The molecule has 1 aromatic heterocycles. The average molecular weight is 535 g/mol. The quantitative estimate of drug-likeness (QED) is 0.455. The molecule has 0 unspecified atom stereocenters. The maximum atomic E-state index is 10.6. The third-order valence-corrected chi connectivity index (χ3v) is 6.34. The van der Waals surface area contributed by atoms with Gasteiger partial charge < -0.3 is 34.9 Å². The lowest BCUT2D eigenvalue weighted by molar-refractivity contribution is -0.192. The molecule has 0 aromatic carbocycles. The molecule has 210 valence electrons. The van der Waals surface area contributed by atoms with E-state index in [1.165, 1.54) is 0 Å². The van der Waals surface area contributed by atoms with E-state index in [4.69, 9.17) is 39.1 Å². The fraction of sp³-hybridized carbons (Fsp3) is 0.826. The second kappa shape index (κ2) is 12.4. The molecule has 4 rings (SSSR count). The number of hydrogen-bond donors (Lipinski definition) is 3. The minimum atomic E-state index is -5.08. The van der Waals surface area contributed by atoms with Crippen LogP contribution in [-0.4, -0.2) is 96.0 Å². The number of nitrogens with zero attached hydrogens (tertiary/aromatic N) is 4. The topological polar surface area (TPSA) is 131 Å². The van der Waals surface area contributed by atoms with Crippen molar-refractivity contribution in [3.8, 4) is 0 Å². The summed E-state index contributed by atoms with van der Waals surface area (Å²) in [5, 5.41) is 14.1. The third kappa shape index (κ3) is 8.82. The Hall–Kier alpha value is -2.45. The van der Waals surface area contributed by atoms with Crippen LogP contribution in [0.2, 0.25) is 0 Å². The van der Waals surface area contributed by atoms with E-state index in [1.807, 2.05) is 0 Å². The van der Waals surface area contributed by atoms with Gasteiger partial charge in [0.2, 0.25) is 17.8 Å². The number of alkyl halides is 3. The zero-order valence-corrected chi connectivity index (χ0v) is 21.7. The normalized spacial score (nSPS) is 24.3. The number of morpholine rings is 1. The molecule has 11 nitrogen and oxygen atoms in total. The van der Waals surface area contributed by atoms with E-state index in [9.17, 15) is 13.2 Å². The van der Waals surface area contributed by atoms with Crippen LogP contribution in [0.3, 0.4) is 0 Å². The summed E-state index contributed by atoms with van der Waals surface area (Å²) >= 11 is 0. The molecule has 2 aliphatic heterocycles. The highest BCUT2D eigenvalue weighted by Gasteiger charge is 2.45.